The summed E-state index contributed by atoms with van der Waals surface area (Å²) in [5.74, 6) is 2.00. The number of nitrogens with zero attached hydrogens (tertiary/aromatic N) is 2. The fraction of sp³-hybridized carbons (Fsp3) is 0.227. The van der Waals surface area contributed by atoms with Crippen molar-refractivity contribution in [2.45, 2.75) is 26.2 Å². The molecular weight excluding hydrogens is 352 g/mol. The quantitative estimate of drug-likeness (QED) is 0.593. The molecule has 0 aliphatic rings. The first-order chi connectivity index (χ1) is 13.6. The van der Waals surface area contributed by atoms with Crippen molar-refractivity contribution in [2.75, 3.05) is 17.2 Å². The zero-order chi connectivity index (χ0) is 19.8. The summed E-state index contributed by atoms with van der Waals surface area (Å²) in [4.78, 5) is 12.0. The number of hydrogen-bond donors (Lipinski definition) is 2. The number of benzene rings is 2. The van der Waals surface area contributed by atoms with E-state index < -0.39 is 0 Å². The number of rotatable bonds is 8. The highest BCUT2D eigenvalue weighted by Gasteiger charge is 2.08. The van der Waals surface area contributed by atoms with Gasteiger partial charge in [-0.2, -0.15) is 0 Å². The fourth-order valence-corrected chi connectivity index (χ4v) is 2.70. The standard InChI is InChI=1S/C22H24N4O2/c1-16(2)18-10-6-7-11-19(18)23-20-12-13-21(26-25-20)24-22(27)14-15-28-17-8-4-3-5-9-17/h3-13,16H,14-15H2,1-2H3,(H,23,25)(H,24,26,27). The maximum Gasteiger partial charge on any atom is 0.229 e. The van der Waals surface area contributed by atoms with Crippen LogP contribution in [0.1, 0.15) is 31.7 Å². The summed E-state index contributed by atoms with van der Waals surface area (Å²) in [6.45, 7) is 4.59. The van der Waals surface area contributed by atoms with Gasteiger partial charge in [0.1, 0.15) is 5.75 Å². The first-order valence-electron chi connectivity index (χ1n) is 9.29. The monoisotopic (exact) mass is 376 g/mol. The van der Waals surface area contributed by atoms with Crippen LogP contribution in [0, 0.1) is 0 Å². The van der Waals surface area contributed by atoms with E-state index >= 15 is 0 Å². The van der Waals surface area contributed by atoms with E-state index in [0.29, 0.717) is 24.2 Å². The zero-order valence-corrected chi connectivity index (χ0v) is 16.1. The van der Waals surface area contributed by atoms with Gasteiger partial charge in [-0.05, 0) is 41.8 Å². The van der Waals surface area contributed by atoms with Gasteiger partial charge in [-0.15, -0.1) is 10.2 Å². The summed E-state index contributed by atoms with van der Waals surface area (Å²) in [6.07, 6.45) is 0.234. The molecule has 28 heavy (non-hydrogen) atoms. The van der Waals surface area contributed by atoms with Crippen LogP contribution >= 0.6 is 0 Å². The summed E-state index contributed by atoms with van der Waals surface area (Å²) in [6, 6.07) is 21.0. The second kappa shape index (κ2) is 9.50. The number of para-hydroxylation sites is 2. The minimum absolute atomic E-state index is 0.170. The van der Waals surface area contributed by atoms with Crippen LogP contribution in [0.2, 0.25) is 0 Å². The second-order valence-electron chi connectivity index (χ2n) is 6.63. The molecule has 0 unspecified atom stereocenters. The summed E-state index contributed by atoms with van der Waals surface area (Å²) >= 11 is 0. The molecule has 1 heterocycles. The van der Waals surface area contributed by atoms with Crippen molar-refractivity contribution in [1.29, 1.82) is 0 Å². The van der Waals surface area contributed by atoms with Gasteiger partial charge >= 0.3 is 0 Å². The molecule has 2 N–H and O–H groups in total. The third-order valence-electron chi connectivity index (χ3n) is 4.12. The van der Waals surface area contributed by atoms with E-state index in [-0.39, 0.29) is 12.3 Å². The highest BCUT2D eigenvalue weighted by atomic mass is 16.5. The number of nitrogens with one attached hydrogen (secondary N) is 2. The average molecular weight is 376 g/mol. The first kappa shape index (κ1) is 19.4. The Morgan fingerprint density at radius 2 is 1.61 bits per heavy atom. The number of hydrogen-bond acceptors (Lipinski definition) is 5. The summed E-state index contributed by atoms with van der Waals surface area (Å²) in [5.41, 5.74) is 2.21. The van der Waals surface area contributed by atoms with E-state index in [1.807, 2.05) is 48.5 Å². The molecule has 6 heteroatoms. The Bertz CT molecular complexity index is 896. The Kier molecular flexibility index (Phi) is 6.57. The normalized spacial score (nSPS) is 10.5. The lowest BCUT2D eigenvalue weighted by Gasteiger charge is -2.13. The molecule has 3 rings (SSSR count). The molecule has 0 radical (unpaired) electrons. The number of carbonyl (C=O) groups excluding carboxylic acids is 1. The van der Waals surface area contributed by atoms with Crippen molar-refractivity contribution < 1.29 is 9.53 Å². The smallest absolute Gasteiger partial charge is 0.229 e. The van der Waals surface area contributed by atoms with Crippen LogP contribution in [-0.4, -0.2) is 22.7 Å². The number of amides is 1. The van der Waals surface area contributed by atoms with Crippen molar-refractivity contribution in [3.8, 4) is 5.75 Å². The molecule has 0 atom stereocenters. The minimum atomic E-state index is -0.170. The van der Waals surface area contributed by atoms with Crippen molar-refractivity contribution in [3.63, 3.8) is 0 Å². The van der Waals surface area contributed by atoms with Crippen molar-refractivity contribution in [1.82, 2.24) is 10.2 Å². The van der Waals surface area contributed by atoms with E-state index in [9.17, 15) is 4.79 Å². The molecule has 6 nitrogen and oxygen atoms in total. The topological polar surface area (TPSA) is 76.1 Å². The number of carbonyl (C=O) groups is 1. The fourth-order valence-electron chi connectivity index (χ4n) is 2.70. The van der Waals surface area contributed by atoms with Gasteiger partial charge < -0.3 is 15.4 Å². The Morgan fingerprint density at radius 1 is 0.929 bits per heavy atom. The largest absolute Gasteiger partial charge is 0.493 e. The Hall–Kier alpha value is -3.41. The van der Waals surface area contributed by atoms with Crippen LogP contribution in [0.25, 0.3) is 0 Å². The number of ether oxygens (including phenoxy) is 1. The summed E-state index contributed by atoms with van der Waals surface area (Å²) in [7, 11) is 0. The van der Waals surface area contributed by atoms with Crippen LogP contribution in [-0.2, 0) is 4.79 Å². The van der Waals surface area contributed by atoms with E-state index in [0.717, 1.165) is 11.4 Å². The maximum atomic E-state index is 12.0. The lowest BCUT2D eigenvalue weighted by Crippen LogP contribution is -2.16. The van der Waals surface area contributed by atoms with Gasteiger partial charge in [-0.1, -0.05) is 50.2 Å². The molecule has 1 aromatic heterocycles. The molecule has 2 aromatic carbocycles. The van der Waals surface area contributed by atoms with Gasteiger partial charge in [0, 0.05) is 5.69 Å². The third-order valence-corrected chi connectivity index (χ3v) is 4.12. The van der Waals surface area contributed by atoms with Gasteiger partial charge in [0.05, 0.1) is 13.0 Å². The van der Waals surface area contributed by atoms with Crippen molar-refractivity contribution in [3.05, 3.63) is 72.3 Å². The predicted molar refractivity (Wildman–Crippen MR) is 111 cm³/mol. The molecule has 0 spiro atoms. The molecule has 0 fully saturated rings. The molecule has 0 saturated heterocycles. The molecule has 1 amide bonds. The first-order valence-corrected chi connectivity index (χ1v) is 9.29. The molecule has 3 aromatic rings. The van der Waals surface area contributed by atoms with Crippen LogP contribution in [0.4, 0.5) is 17.3 Å². The SMILES string of the molecule is CC(C)c1ccccc1Nc1ccc(NC(=O)CCOc2ccccc2)nn1. The Labute approximate surface area is 165 Å². The predicted octanol–water partition coefficient (Wildman–Crippen LogP) is 4.75. The Balaban J connectivity index is 1.51. The van der Waals surface area contributed by atoms with Gasteiger partial charge in [0.2, 0.25) is 5.91 Å². The average Bonchev–Trinajstić information content (AvgIpc) is 2.70. The van der Waals surface area contributed by atoms with Gasteiger partial charge in [-0.25, -0.2) is 0 Å². The highest BCUT2D eigenvalue weighted by Crippen LogP contribution is 2.26. The van der Waals surface area contributed by atoms with Gasteiger partial charge in [0.25, 0.3) is 0 Å². The molecule has 0 saturated carbocycles. The summed E-state index contributed by atoms with van der Waals surface area (Å²) < 4.78 is 5.52. The van der Waals surface area contributed by atoms with Crippen molar-refractivity contribution in [2.24, 2.45) is 0 Å². The van der Waals surface area contributed by atoms with Crippen LogP contribution in [0.5, 0.6) is 5.75 Å². The third kappa shape index (κ3) is 5.54. The molecule has 144 valence electrons. The van der Waals surface area contributed by atoms with E-state index in [1.165, 1.54) is 5.56 Å². The molecule has 0 aliphatic carbocycles. The minimum Gasteiger partial charge on any atom is -0.493 e. The molecule has 0 bridgehead atoms. The second-order valence-corrected chi connectivity index (χ2v) is 6.63. The lowest BCUT2D eigenvalue weighted by molar-refractivity contribution is -0.116. The number of aromatic nitrogens is 2. The number of anilines is 3. The molecule has 0 aliphatic heterocycles. The molecular formula is C22H24N4O2. The van der Waals surface area contributed by atoms with Crippen LogP contribution < -0.4 is 15.4 Å². The zero-order valence-electron chi connectivity index (χ0n) is 16.1. The van der Waals surface area contributed by atoms with Gasteiger partial charge in [-0.3, -0.25) is 4.79 Å². The highest BCUT2D eigenvalue weighted by molar-refractivity contribution is 5.89. The summed E-state index contributed by atoms with van der Waals surface area (Å²) in [5, 5.41) is 14.2. The van der Waals surface area contributed by atoms with Crippen LogP contribution in [0.15, 0.2) is 66.7 Å². The van der Waals surface area contributed by atoms with Crippen LogP contribution in [0.3, 0.4) is 0 Å². The van der Waals surface area contributed by atoms with E-state index in [1.54, 1.807) is 12.1 Å². The van der Waals surface area contributed by atoms with E-state index in [4.69, 9.17) is 4.74 Å². The maximum absolute atomic E-state index is 12.0. The Morgan fingerprint density at radius 3 is 2.32 bits per heavy atom. The van der Waals surface area contributed by atoms with Crippen molar-refractivity contribution >= 4 is 23.2 Å². The van der Waals surface area contributed by atoms with Gasteiger partial charge in [0.15, 0.2) is 11.6 Å². The lowest BCUT2D eigenvalue weighted by atomic mass is 10.0. The van der Waals surface area contributed by atoms with E-state index in [2.05, 4.69) is 40.7 Å².